The van der Waals surface area contributed by atoms with Gasteiger partial charge in [0.25, 0.3) is 0 Å². The zero-order valence-corrected chi connectivity index (χ0v) is 19.7. The fraction of sp³-hybridized carbons (Fsp3) is 0.0690. The summed E-state index contributed by atoms with van der Waals surface area (Å²) in [5, 5.41) is 2.95. The van der Waals surface area contributed by atoms with E-state index >= 15 is 0 Å². The maximum atomic E-state index is 4.91. The predicted molar refractivity (Wildman–Crippen MR) is 138 cm³/mol. The van der Waals surface area contributed by atoms with Crippen molar-refractivity contribution < 1.29 is 0 Å². The molecule has 5 aromatic rings. The monoisotopic (exact) mass is 441 g/mol. The van der Waals surface area contributed by atoms with Gasteiger partial charge in [-0.05, 0) is 21.5 Å². The molecule has 158 valence electrons. The van der Waals surface area contributed by atoms with Gasteiger partial charge in [0.15, 0.2) is 17.5 Å². The van der Waals surface area contributed by atoms with Crippen LogP contribution < -0.4 is 10.4 Å². The third-order valence-corrected chi connectivity index (χ3v) is 10.1. The summed E-state index contributed by atoms with van der Waals surface area (Å²) in [7, 11) is -1.77. The number of hydrogen-bond donors (Lipinski definition) is 0. The van der Waals surface area contributed by atoms with Gasteiger partial charge in [0.05, 0.1) is 0 Å². The van der Waals surface area contributed by atoms with Gasteiger partial charge < -0.3 is 0 Å². The zero-order valence-electron chi connectivity index (χ0n) is 18.7. The van der Waals surface area contributed by atoms with Crippen molar-refractivity contribution in [2.75, 3.05) is 0 Å². The molecule has 2 heterocycles. The lowest BCUT2D eigenvalue weighted by molar-refractivity contribution is 1.07. The summed E-state index contributed by atoms with van der Waals surface area (Å²) in [6, 6.07) is 35.8. The van der Waals surface area contributed by atoms with Crippen molar-refractivity contribution in [3.8, 4) is 45.3 Å². The topological polar surface area (TPSA) is 38.7 Å². The van der Waals surface area contributed by atoms with Crippen LogP contribution in [0.1, 0.15) is 0 Å². The Balaban J connectivity index is 1.54. The highest BCUT2D eigenvalue weighted by Gasteiger charge is 2.37. The van der Waals surface area contributed by atoms with Crippen LogP contribution in [0.3, 0.4) is 0 Å². The van der Waals surface area contributed by atoms with Gasteiger partial charge in [-0.15, -0.1) is 0 Å². The molecule has 1 aliphatic rings. The first-order valence-corrected chi connectivity index (χ1v) is 14.2. The van der Waals surface area contributed by atoms with Gasteiger partial charge in [0.2, 0.25) is 0 Å². The summed E-state index contributed by atoms with van der Waals surface area (Å²) in [4.78, 5) is 14.6. The van der Waals surface area contributed by atoms with Crippen molar-refractivity contribution in [2.45, 2.75) is 13.1 Å². The second kappa shape index (κ2) is 7.61. The van der Waals surface area contributed by atoms with Crippen LogP contribution in [0.15, 0.2) is 103 Å². The Morgan fingerprint density at radius 1 is 0.455 bits per heavy atom. The smallest absolute Gasteiger partial charge is 0.164 e. The highest BCUT2D eigenvalue weighted by Crippen LogP contribution is 2.31. The molecular formula is C29H23N3Si. The highest BCUT2D eigenvalue weighted by atomic mass is 28.3. The van der Waals surface area contributed by atoms with Gasteiger partial charge in [-0.2, -0.15) is 0 Å². The molecule has 1 aromatic heterocycles. The molecule has 33 heavy (non-hydrogen) atoms. The lowest BCUT2D eigenvalue weighted by atomic mass is 10.0. The average Bonchev–Trinajstić information content (AvgIpc) is 3.11. The van der Waals surface area contributed by atoms with Crippen molar-refractivity contribution in [1.82, 2.24) is 15.0 Å². The van der Waals surface area contributed by atoms with Crippen LogP contribution in [-0.4, -0.2) is 23.0 Å². The normalized spacial score (nSPS) is 13.4. The highest BCUT2D eigenvalue weighted by molar-refractivity contribution is 7.03. The van der Waals surface area contributed by atoms with Crippen LogP contribution >= 0.6 is 0 Å². The molecule has 6 rings (SSSR count). The predicted octanol–water partition coefficient (Wildman–Crippen LogP) is 5.68. The van der Waals surface area contributed by atoms with E-state index in [4.69, 9.17) is 15.0 Å². The Kier molecular flexibility index (Phi) is 4.56. The van der Waals surface area contributed by atoms with E-state index in [1.54, 1.807) is 0 Å². The number of hydrogen-bond acceptors (Lipinski definition) is 3. The van der Waals surface area contributed by atoms with Crippen molar-refractivity contribution >= 4 is 18.4 Å². The van der Waals surface area contributed by atoms with Crippen LogP contribution in [0.2, 0.25) is 13.1 Å². The summed E-state index contributed by atoms with van der Waals surface area (Å²) in [6.07, 6.45) is 0. The van der Waals surface area contributed by atoms with Crippen molar-refractivity contribution in [3.05, 3.63) is 103 Å². The molecular weight excluding hydrogens is 418 g/mol. The van der Waals surface area contributed by atoms with Gasteiger partial charge in [-0.25, -0.2) is 15.0 Å². The molecule has 3 nitrogen and oxygen atoms in total. The first-order valence-electron chi connectivity index (χ1n) is 11.2. The molecule has 1 aliphatic heterocycles. The lowest BCUT2D eigenvalue weighted by Gasteiger charge is -2.19. The Labute approximate surface area is 194 Å². The molecule has 0 unspecified atom stereocenters. The average molecular weight is 442 g/mol. The van der Waals surface area contributed by atoms with E-state index < -0.39 is 8.07 Å². The van der Waals surface area contributed by atoms with E-state index in [0.717, 1.165) is 16.7 Å². The second-order valence-corrected chi connectivity index (χ2v) is 13.3. The van der Waals surface area contributed by atoms with Crippen molar-refractivity contribution in [3.63, 3.8) is 0 Å². The Morgan fingerprint density at radius 2 is 0.939 bits per heavy atom. The maximum absolute atomic E-state index is 4.91. The molecule has 0 spiro atoms. The van der Waals surface area contributed by atoms with Crippen LogP contribution in [0.5, 0.6) is 0 Å². The minimum absolute atomic E-state index is 0.694. The van der Waals surface area contributed by atoms with Gasteiger partial charge in [-0.3, -0.25) is 0 Å². The van der Waals surface area contributed by atoms with Gasteiger partial charge in [-0.1, -0.05) is 116 Å². The largest absolute Gasteiger partial charge is 0.208 e. The molecule has 4 heteroatoms. The number of rotatable bonds is 3. The lowest BCUT2D eigenvalue weighted by Crippen LogP contribution is -2.49. The molecule has 0 bridgehead atoms. The molecule has 0 amide bonds. The van der Waals surface area contributed by atoms with Crippen LogP contribution in [0.25, 0.3) is 45.3 Å². The van der Waals surface area contributed by atoms with Crippen LogP contribution in [0.4, 0.5) is 0 Å². The fourth-order valence-electron chi connectivity index (χ4n) is 4.78. The molecule has 4 aromatic carbocycles. The minimum Gasteiger partial charge on any atom is -0.208 e. The van der Waals surface area contributed by atoms with E-state index in [0.29, 0.717) is 17.5 Å². The summed E-state index contributed by atoms with van der Waals surface area (Å²) < 4.78 is 0. The molecule has 0 fully saturated rings. The standard InChI is InChI=1S/C29H23N3Si/c1-33(2)25-16-10-9-15-23(25)24-18-17-22(19-26(24)33)29-31-27(20-11-5-3-6-12-20)30-28(32-29)21-13-7-4-8-14-21/h3-19H,1-2H3. The van der Waals surface area contributed by atoms with Gasteiger partial charge in [0.1, 0.15) is 8.07 Å². The van der Waals surface area contributed by atoms with E-state index in [9.17, 15) is 0 Å². The quantitative estimate of drug-likeness (QED) is 0.338. The third kappa shape index (κ3) is 3.31. The number of benzene rings is 4. The van der Waals surface area contributed by atoms with E-state index in [2.05, 4.69) is 55.6 Å². The van der Waals surface area contributed by atoms with E-state index in [1.165, 1.54) is 21.5 Å². The van der Waals surface area contributed by atoms with E-state index in [-0.39, 0.29) is 0 Å². The van der Waals surface area contributed by atoms with E-state index in [1.807, 2.05) is 60.7 Å². The first-order chi connectivity index (χ1) is 16.1. The maximum Gasteiger partial charge on any atom is 0.164 e. The SMILES string of the molecule is C[Si]1(C)c2ccccc2-c2ccc(-c3nc(-c4ccccc4)nc(-c4ccccc4)n3)cc21. The van der Waals surface area contributed by atoms with Crippen molar-refractivity contribution in [2.24, 2.45) is 0 Å². The molecule has 0 N–H and O–H groups in total. The number of fused-ring (bicyclic) bond motifs is 3. The van der Waals surface area contributed by atoms with Gasteiger partial charge in [0, 0.05) is 16.7 Å². The minimum atomic E-state index is -1.77. The summed E-state index contributed by atoms with van der Waals surface area (Å²) in [5.74, 6) is 2.10. The van der Waals surface area contributed by atoms with Crippen molar-refractivity contribution in [1.29, 1.82) is 0 Å². The molecule has 0 aliphatic carbocycles. The third-order valence-electron chi connectivity index (χ3n) is 6.54. The Bertz CT molecular complexity index is 1420. The second-order valence-electron chi connectivity index (χ2n) is 8.97. The molecule has 0 atom stereocenters. The first kappa shape index (κ1) is 19.8. The summed E-state index contributed by atoms with van der Waals surface area (Å²) >= 11 is 0. The van der Waals surface area contributed by atoms with Crippen LogP contribution in [-0.2, 0) is 0 Å². The Morgan fingerprint density at radius 3 is 1.55 bits per heavy atom. The molecule has 0 saturated carbocycles. The molecule has 0 radical (unpaired) electrons. The zero-order chi connectivity index (χ0) is 22.4. The summed E-state index contributed by atoms with van der Waals surface area (Å²) in [5.41, 5.74) is 5.75. The van der Waals surface area contributed by atoms with Gasteiger partial charge >= 0.3 is 0 Å². The fourth-order valence-corrected chi connectivity index (χ4v) is 7.88. The molecule has 0 saturated heterocycles. The number of aromatic nitrogens is 3. The number of nitrogens with zero attached hydrogens (tertiary/aromatic N) is 3. The summed E-state index contributed by atoms with van der Waals surface area (Å²) in [6.45, 7) is 4.86. The van der Waals surface area contributed by atoms with Crippen LogP contribution in [0, 0.1) is 0 Å². The Hall–Kier alpha value is -3.89.